The van der Waals surface area contributed by atoms with Crippen molar-refractivity contribution in [2.45, 2.75) is 64.1 Å². The Labute approximate surface area is 173 Å². The molecule has 0 saturated heterocycles. The molecule has 1 aromatic rings. The van der Waals surface area contributed by atoms with E-state index < -0.39 is 5.91 Å². The van der Waals surface area contributed by atoms with Crippen LogP contribution in [0.1, 0.15) is 51.0 Å². The number of nitrogens with two attached hydrogens (primary N) is 1. The fraction of sp³-hybridized carbons (Fsp3) is 0.636. The SMILES string of the molecule is CCOC1CC(NC(=NC)NCc2cccc(OCC(N)=O)c2)C12CCCCC2. The topological polar surface area (TPSA) is 98.0 Å². The summed E-state index contributed by atoms with van der Waals surface area (Å²) in [5.41, 5.74) is 6.43. The van der Waals surface area contributed by atoms with Crippen molar-refractivity contribution in [3.63, 3.8) is 0 Å². The van der Waals surface area contributed by atoms with Crippen molar-refractivity contribution < 1.29 is 14.3 Å². The zero-order valence-electron chi connectivity index (χ0n) is 17.6. The Bertz CT molecular complexity index is 716. The van der Waals surface area contributed by atoms with Gasteiger partial charge in [0.15, 0.2) is 12.6 Å². The number of nitrogens with one attached hydrogen (secondary N) is 2. The van der Waals surface area contributed by atoms with Crippen LogP contribution >= 0.6 is 0 Å². The van der Waals surface area contributed by atoms with E-state index in [9.17, 15) is 4.79 Å². The minimum atomic E-state index is -0.486. The summed E-state index contributed by atoms with van der Waals surface area (Å²) in [6.07, 6.45) is 7.75. The number of amides is 1. The van der Waals surface area contributed by atoms with Crippen molar-refractivity contribution in [3.8, 4) is 5.75 Å². The van der Waals surface area contributed by atoms with Crippen molar-refractivity contribution in [1.82, 2.24) is 10.6 Å². The Morgan fingerprint density at radius 3 is 2.79 bits per heavy atom. The molecule has 7 heteroatoms. The third-order valence-electron chi connectivity index (χ3n) is 6.21. The Balaban J connectivity index is 1.56. The van der Waals surface area contributed by atoms with Gasteiger partial charge in [0, 0.05) is 31.7 Å². The predicted octanol–water partition coefficient (Wildman–Crippen LogP) is 2.34. The summed E-state index contributed by atoms with van der Waals surface area (Å²) >= 11 is 0. The van der Waals surface area contributed by atoms with Crippen LogP contribution in [0.5, 0.6) is 5.75 Å². The van der Waals surface area contributed by atoms with Gasteiger partial charge in [-0.05, 0) is 43.9 Å². The lowest BCUT2D eigenvalue weighted by Gasteiger charge is -2.57. The van der Waals surface area contributed by atoms with Crippen LogP contribution in [-0.2, 0) is 16.1 Å². The second-order valence-electron chi connectivity index (χ2n) is 8.00. The first kappa shape index (κ1) is 21.4. The Kier molecular flexibility index (Phi) is 7.36. The lowest BCUT2D eigenvalue weighted by Crippen LogP contribution is -2.66. The van der Waals surface area contributed by atoms with Gasteiger partial charge in [0.25, 0.3) is 5.91 Å². The number of hydrogen-bond acceptors (Lipinski definition) is 4. The van der Waals surface area contributed by atoms with E-state index in [1.54, 1.807) is 7.05 Å². The minimum absolute atomic E-state index is 0.120. The van der Waals surface area contributed by atoms with E-state index in [1.807, 2.05) is 24.3 Å². The molecule has 160 valence electrons. The smallest absolute Gasteiger partial charge is 0.255 e. The van der Waals surface area contributed by atoms with Crippen LogP contribution < -0.4 is 21.1 Å². The summed E-state index contributed by atoms with van der Waals surface area (Å²) in [5, 5.41) is 7.04. The van der Waals surface area contributed by atoms with E-state index in [4.69, 9.17) is 15.2 Å². The molecule has 0 heterocycles. The second-order valence-corrected chi connectivity index (χ2v) is 8.00. The number of guanidine groups is 1. The highest BCUT2D eigenvalue weighted by atomic mass is 16.5. The highest BCUT2D eigenvalue weighted by Gasteiger charge is 2.55. The van der Waals surface area contributed by atoms with Gasteiger partial charge in [-0.3, -0.25) is 9.79 Å². The van der Waals surface area contributed by atoms with Gasteiger partial charge >= 0.3 is 0 Å². The number of carbonyl (C=O) groups excluding carboxylic acids is 1. The number of carbonyl (C=O) groups is 1. The largest absolute Gasteiger partial charge is 0.484 e. The first-order valence-corrected chi connectivity index (χ1v) is 10.7. The maximum atomic E-state index is 10.9. The van der Waals surface area contributed by atoms with Gasteiger partial charge in [-0.1, -0.05) is 31.4 Å². The molecule has 29 heavy (non-hydrogen) atoms. The highest BCUT2D eigenvalue weighted by molar-refractivity contribution is 5.80. The number of rotatable bonds is 8. The van der Waals surface area contributed by atoms with Crippen molar-refractivity contribution in [2.24, 2.45) is 16.1 Å². The van der Waals surface area contributed by atoms with E-state index in [0.29, 0.717) is 24.4 Å². The molecule has 1 amide bonds. The molecular formula is C22H34N4O3. The van der Waals surface area contributed by atoms with Crippen LogP contribution in [0.2, 0.25) is 0 Å². The monoisotopic (exact) mass is 402 g/mol. The van der Waals surface area contributed by atoms with Crippen molar-refractivity contribution >= 4 is 11.9 Å². The summed E-state index contributed by atoms with van der Waals surface area (Å²) < 4.78 is 11.4. The molecule has 2 saturated carbocycles. The van der Waals surface area contributed by atoms with E-state index in [2.05, 4.69) is 22.5 Å². The van der Waals surface area contributed by atoms with Crippen molar-refractivity contribution in [2.75, 3.05) is 20.3 Å². The van der Waals surface area contributed by atoms with Crippen LogP contribution in [-0.4, -0.2) is 44.3 Å². The fourth-order valence-corrected chi connectivity index (χ4v) is 4.71. The molecule has 4 N–H and O–H groups in total. The molecule has 2 atom stereocenters. The van der Waals surface area contributed by atoms with Gasteiger partial charge in [-0.25, -0.2) is 0 Å². The average molecular weight is 403 g/mol. The zero-order valence-corrected chi connectivity index (χ0v) is 17.6. The summed E-state index contributed by atoms with van der Waals surface area (Å²) in [5.74, 6) is 0.949. The third kappa shape index (κ3) is 5.21. The van der Waals surface area contributed by atoms with Crippen LogP contribution in [0.15, 0.2) is 29.3 Å². The predicted molar refractivity (Wildman–Crippen MR) is 114 cm³/mol. The van der Waals surface area contributed by atoms with Crippen LogP contribution in [0.3, 0.4) is 0 Å². The van der Waals surface area contributed by atoms with Crippen LogP contribution in [0, 0.1) is 5.41 Å². The second kappa shape index (κ2) is 9.96. The number of hydrogen-bond donors (Lipinski definition) is 3. The van der Waals surface area contributed by atoms with Gasteiger partial charge in [-0.15, -0.1) is 0 Å². The third-order valence-corrected chi connectivity index (χ3v) is 6.21. The zero-order chi connectivity index (χ0) is 20.7. The number of primary amides is 1. The number of nitrogens with zero attached hydrogens (tertiary/aromatic N) is 1. The molecular weight excluding hydrogens is 368 g/mol. The first-order chi connectivity index (χ1) is 14.1. The molecule has 2 aliphatic carbocycles. The van der Waals surface area contributed by atoms with Crippen molar-refractivity contribution in [1.29, 1.82) is 0 Å². The number of benzene rings is 1. The Hall–Kier alpha value is -2.28. The van der Waals surface area contributed by atoms with E-state index in [0.717, 1.165) is 24.6 Å². The minimum Gasteiger partial charge on any atom is -0.484 e. The molecule has 2 unspecified atom stereocenters. The molecule has 1 spiro atoms. The summed E-state index contributed by atoms with van der Waals surface area (Å²) in [4.78, 5) is 15.3. The van der Waals surface area contributed by atoms with E-state index in [-0.39, 0.29) is 12.0 Å². The maximum absolute atomic E-state index is 10.9. The van der Waals surface area contributed by atoms with Gasteiger partial charge in [-0.2, -0.15) is 0 Å². The number of aliphatic imine (C=N–C) groups is 1. The van der Waals surface area contributed by atoms with Gasteiger partial charge in [0.2, 0.25) is 0 Å². The van der Waals surface area contributed by atoms with Crippen LogP contribution in [0.25, 0.3) is 0 Å². The van der Waals surface area contributed by atoms with Gasteiger partial charge < -0.3 is 25.8 Å². The van der Waals surface area contributed by atoms with Crippen molar-refractivity contribution in [3.05, 3.63) is 29.8 Å². The fourth-order valence-electron chi connectivity index (χ4n) is 4.71. The van der Waals surface area contributed by atoms with Gasteiger partial charge in [0.1, 0.15) is 5.75 Å². The molecule has 0 aliphatic heterocycles. The standard InChI is InChI=1S/C22H34N4O3/c1-3-28-19-13-18(22(19)10-5-4-6-11-22)26-21(24-2)25-14-16-8-7-9-17(12-16)29-15-20(23)27/h7-9,12,18-19H,3-6,10-11,13-15H2,1-2H3,(H2,23,27)(H2,24,25,26). The molecule has 0 aromatic heterocycles. The Morgan fingerprint density at radius 2 is 2.10 bits per heavy atom. The highest BCUT2D eigenvalue weighted by Crippen LogP contribution is 2.53. The quantitative estimate of drug-likeness (QED) is 0.458. The number of ether oxygens (including phenoxy) is 2. The summed E-state index contributed by atoms with van der Waals surface area (Å²) in [7, 11) is 1.80. The molecule has 0 radical (unpaired) electrons. The molecule has 3 rings (SSSR count). The molecule has 2 aliphatic rings. The normalized spacial score (nSPS) is 23.3. The lowest BCUT2D eigenvalue weighted by molar-refractivity contribution is -0.145. The molecule has 2 fully saturated rings. The first-order valence-electron chi connectivity index (χ1n) is 10.7. The maximum Gasteiger partial charge on any atom is 0.255 e. The summed E-state index contributed by atoms with van der Waals surface area (Å²) in [6.45, 7) is 3.35. The molecule has 7 nitrogen and oxygen atoms in total. The summed E-state index contributed by atoms with van der Waals surface area (Å²) in [6, 6.07) is 8.03. The average Bonchev–Trinajstić information content (AvgIpc) is 2.74. The Morgan fingerprint density at radius 1 is 1.31 bits per heavy atom. The molecule has 1 aromatic carbocycles. The lowest BCUT2D eigenvalue weighted by atomic mass is 9.55. The molecule has 0 bridgehead atoms. The van der Waals surface area contributed by atoms with E-state index >= 15 is 0 Å². The van der Waals surface area contributed by atoms with Gasteiger partial charge in [0.05, 0.1) is 6.10 Å². The van der Waals surface area contributed by atoms with Crippen LogP contribution in [0.4, 0.5) is 0 Å². The van der Waals surface area contributed by atoms with E-state index in [1.165, 1.54) is 32.1 Å².